The molecule has 0 aliphatic carbocycles. The van der Waals surface area contributed by atoms with Gasteiger partial charge in [0.2, 0.25) is 0 Å². The lowest BCUT2D eigenvalue weighted by Crippen LogP contribution is -2.50. The second-order valence-electron chi connectivity index (χ2n) is 2.59. The lowest BCUT2D eigenvalue weighted by Gasteiger charge is -2.24. The van der Waals surface area contributed by atoms with Crippen LogP contribution in [0.3, 0.4) is 0 Å². The van der Waals surface area contributed by atoms with E-state index in [4.69, 9.17) is 5.41 Å². The van der Waals surface area contributed by atoms with Crippen molar-refractivity contribution < 1.29 is 0 Å². The van der Waals surface area contributed by atoms with Crippen LogP contribution < -0.4 is 16.4 Å². The van der Waals surface area contributed by atoms with Crippen molar-refractivity contribution in [3.8, 4) is 0 Å². The lowest BCUT2D eigenvalue weighted by atomic mass is 10.0. The van der Waals surface area contributed by atoms with Gasteiger partial charge in [0.15, 0.2) is 0 Å². The molecule has 2 atom stereocenters. The van der Waals surface area contributed by atoms with Crippen LogP contribution in [0.2, 0.25) is 0 Å². The largest absolute Gasteiger partial charge is 0.312 e. The predicted molar refractivity (Wildman–Crippen MR) is 49.3 cm³/mol. The molecular weight excluding hydrogens is 243 g/mol. The number of hydrogen-bond donors (Lipinski definition) is 4. The zero-order chi connectivity index (χ0) is 7.61. The lowest BCUT2D eigenvalue weighted by molar-refractivity contribution is 0.439. The average Bonchev–Trinajstić information content (AvgIpc) is 2.36. The van der Waals surface area contributed by atoms with Gasteiger partial charge in [0.25, 0.3) is 0 Å². The summed E-state index contributed by atoms with van der Waals surface area (Å²) in [6.45, 7) is 2.91. The van der Waals surface area contributed by atoms with E-state index in [1.165, 1.54) is 6.21 Å². The Morgan fingerprint density at radius 1 is 1.80 bits per heavy atom. The van der Waals surface area contributed by atoms with Crippen LogP contribution in [0, 0.1) is 5.41 Å². The first-order chi connectivity index (χ1) is 4.69. The molecule has 1 fully saturated rings. The van der Waals surface area contributed by atoms with E-state index in [9.17, 15) is 0 Å². The van der Waals surface area contributed by atoms with Gasteiger partial charge in [-0.25, -0.2) is 10.9 Å². The number of nitrogens with one attached hydrogen (secondary N) is 4. The highest BCUT2D eigenvalue weighted by molar-refractivity contribution is 14.1. The molecule has 1 aliphatic heterocycles. The van der Waals surface area contributed by atoms with Crippen molar-refractivity contribution in [2.24, 2.45) is 0 Å². The van der Waals surface area contributed by atoms with Gasteiger partial charge in [0.05, 0.1) is 9.46 Å². The van der Waals surface area contributed by atoms with Crippen LogP contribution in [-0.4, -0.2) is 22.2 Å². The van der Waals surface area contributed by atoms with Gasteiger partial charge < -0.3 is 5.41 Å². The van der Waals surface area contributed by atoms with Crippen molar-refractivity contribution in [2.75, 3.05) is 6.54 Å². The molecule has 1 saturated heterocycles. The summed E-state index contributed by atoms with van der Waals surface area (Å²) in [5.74, 6) is 0. The fraction of sp³-hybridized carbons (Fsp3) is 0.800. The highest BCUT2D eigenvalue weighted by Crippen LogP contribution is 2.16. The Hall–Kier alpha value is 0.280. The summed E-state index contributed by atoms with van der Waals surface area (Å²) in [6.07, 6.45) is 1.45. The molecular formula is C5H11IN4. The SMILES string of the molecule is CC1(C(I)C=N)CNNN1. The van der Waals surface area contributed by atoms with Crippen LogP contribution in [0.15, 0.2) is 0 Å². The molecule has 1 rings (SSSR count). The monoisotopic (exact) mass is 254 g/mol. The summed E-state index contributed by atoms with van der Waals surface area (Å²) in [7, 11) is 0. The van der Waals surface area contributed by atoms with Gasteiger partial charge in [0, 0.05) is 12.8 Å². The van der Waals surface area contributed by atoms with Crippen molar-refractivity contribution in [1.29, 1.82) is 5.41 Å². The van der Waals surface area contributed by atoms with Gasteiger partial charge in [-0.3, -0.25) is 0 Å². The molecule has 1 aliphatic rings. The smallest absolute Gasteiger partial charge is 0.0661 e. The number of hydrazine groups is 2. The van der Waals surface area contributed by atoms with Crippen LogP contribution in [0.5, 0.6) is 0 Å². The van der Waals surface area contributed by atoms with Crippen molar-refractivity contribution in [2.45, 2.75) is 16.4 Å². The first-order valence-electron chi connectivity index (χ1n) is 3.09. The van der Waals surface area contributed by atoms with Crippen molar-refractivity contribution in [3.63, 3.8) is 0 Å². The normalized spacial score (nSPS) is 35.8. The van der Waals surface area contributed by atoms with E-state index in [0.717, 1.165) is 6.54 Å². The maximum absolute atomic E-state index is 7.07. The molecule has 0 spiro atoms. The molecule has 0 aromatic rings. The molecule has 4 N–H and O–H groups in total. The highest BCUT2D eigenvalue weighted by atomic mass is 127. The van der Waals surface area contributed by atoms with Gasteiger partial charge in [0.1, 0.15) is 0 Å². The van der Waals surface area contributed by atoms with E-state index >= 15 is 0 Å². The van der Waals surface area contributed by atoms with E-state index in [1.807, 2.05) is 0 Å². The average molecular weight is 254 g/mol. The summed E-state index contributed by atoms with van der Waals surface area (Å²) in [5.41, 5.74) is 8.82. The van der Waals surface area contributed by atoms with Gasteiger partial charge >= 0.3 is 0 Å². The third-order valence-corrected chi connectivity index (χ3v) is 3.38. The Kier molecular flexibility index (Phi) is 2.61. The summed E-state index contributed by atoms with van der Waals surface area (Å²) in [6, 6.07) is 0. The third-order valence-electron chi connectivity index (χ3n) is 1.65. The molecule has 0 aromatic carbocycles. The van der Waals surface area contributed by atoms with Crippen molar-refractivity contribution >= 4 is 28.8 Å². The molecule has 0 amide bonds. The van der Waals surface area contributed by atoms with Crippen molar-refractivity contribution in [3.05, 3.63) is 0 Å². The minimum absolute atomic E-state index is 0.0255. The van der Waals surface area contributed by atoms with Crippen LogP contribution in [0.25, 0.3) is 0 Å². The second kappa shape index (κ2) is 3.12. The van der Waals surface area contributed by atoms with E-state index < -0.39 is 0 Å². The minimum atomic E-state index is -0.0255. The Labute approximate surface area is 73.7 Å². The topological polar surface area (TPSA) is 59.9 Å². The molecule has 0 bridgehead atoms. The van der Waals surface area contributed by atoms with Crippen LogP contribution in [0.1, 0.15) is 6.92 Å². The van der Waals surface area contributed by atoms with E-state index in [2.05, 4.69) is 45.9 Å². The van der Waals surface area contributed by atoms with Crippen LogP contribution >= 0.6 is 22.6 Å². The van der Waals surface area contributed by atoms with E-state index in [1.54, 1.807) is 0 Å². The summed E-state index contributed by atoms with van der Waals surface area (Å²) >= 11 is 2.24. The summed E-state index contributed by atoms with van der Waals surface area (Å²) < 4.78 is 0.215. The van der Waals surface area contributed by atoms with Gasteiger partial charge in [-0.15, -0.1) is 0 Å². The summed E-state index contributed by atoms with van der Waals surface area (Å²) in [5, 5.41) is 7.07. The minimum Gasteiger partial charge on any atom is -0.312 e. The first kappa shape index (κ1) is 8.38. The Bertz CT molecular complexity index is 132. The molecule has 58 valence electrons. The molecule has 0 saturated carbocycles. The Morgan fingerprint density at radius 2 is 2.50 bits per heavy atom. The maximum Gasteiger partial charge on any atom is 0.0661 e. The van der Waals surface area contributed by atoms with Crippen LogP contribution in [-0.2, 0) is 0 Å². The standard InChI is InChI=1S/C5H11IN4/c1-5(4(6)2-7)3-8-10-9-5/h2,4,7-10H,3H2,1H3. The first-order valence-corrected chi connectivity index (χ1v) is 4.33. The summed E-state index contributed by atoms with van der Waals surface area (Å²) in [4.78, 5) is 0. The third kappa shape index (κ3) is 1.47. The fourth-order valence-corrected chi connectivity index (χ4v) is 1.19. The van der Waals surface area contributed by atoms with Gasteiger partial charge in [-0.05, 0) is 6.92 Å². The molecule has 1 heterocycles. The predicted octanol–water partition coefficient (Wildman–Crippen LogP) is -0.189. The highest BCUT2D eigenvalue weighted by Gasteiger charge is 2.34. The molecule has 10 heavy (non-hydrogen) atoms. The zero-order valence-electron chi connectivity index (χ0n) is 5.74. The van der Waals surface area contributed by atoms with E-state index in [0.29, 0.717) is 0 Å². The van der Waals surface area contributed by atoms with Gasteiger partial charge in [-0.1, -0.05) is 22.6 Å². The fourth-order valence-electron chi connectivity index (χ4n) is 0.809. The number of alkyl halides is 1. The van der Waals surface area contributed by atoms with Gasteiger partial charge in [-0.2, -0.15) is 5.53 Å². The molecule has 0 radical (unpaired) electrons. The number of hydrogen-bond acceptors (Lipinski definition) is 4. The molecule has 4 nitrogen and oxygen atoms in total. The number of rotatable bonds is 2. The quantitative estimate of drug-likeness (QED) is 0.314. The maximum atomic E-state index is 7.07. The zero-order valence-corrected chi connectivity index (χ0v) is 7.90. The molecule has 2 unspecified atom stereocenters. The Morgan fingerprint density at radius 3 is 2.90 bits per heavy atom. The second-order valence-corrected chi connectivity index (χ2v) is 3.93. The van der Waals surface area contributed by atoms with Crippen molar-refractivity contribution in [1.82, 2.24) is 16.4 Å². The Balaban J connectivity index is 2.57. The van der Waals surface area contributed by atoms with E-state index in [-0.39, 0.29) is 9.46 Å². The number of halogens is 1. The molecule has 0 aromatic heterocycles. The van der Waals surface area contributed by atoms with Crippen LogP contribution in [0.4, 0.5) is 0 Å². The molecule has 5 heteroatoms.